The van der Waals surface area contributed by atoms with Crippen LogP contribution >= 0.6 is 23.4 Å². The van der Waals surface area contributed by atoms with Crippen molar-refractivity contribution in [1.82, 2.24) is 25.3 Å². The average molecular weight is 402 g/mol. The van der Waals surface area contributed by atoms with Crippen molar-refractivity contribution in [2.45, 2.75) is 11.0 Å². The van der Waals surface area contributed by atoms with Gasteiger partial charge in [0.05, 0.1) is 18.4 Å². The van der Waals surface area contributed by atoms with Gasteiger partial charge in [-0.2, -0.15) is 4.98 Å². The van der Waals surface area contributed by atoms with E-state index in [-0.39, 0.29) is 0 Å². The Morgan fingerprint density at radius 1 is 1.15 bits per heavy atom. The van der Waals surface area contributed by atoms with Gasteiger partial charge in [0.2, 0.25) is 17.6 Å². The molecule has 0 bridgehead atoms. The summed E-state index contributed by atoms with van der Waals surface area (Å²) in [5, 5.41) is 13.0. The molecule has 0 aliphatic rings. The van der Waals surface area contributed by atoms with Crippen LogP contribution in [0.5, 0.6) is 5.75 Å². The number of thioether (sulfide) groups is 1. The van der Waals surface area contributed by atoms with Gasteiger partial charge in [0.15, 0.2) is 0 Å². The number of hydrogen-bond acceptors (Lipinski definition) is 9. The summed E-state index contributed by atoms with van der Waals surface area (Å²) < 4.78 is 16.2. The smallest absolute Gasteiger partial charge is 0.277 e. The lowest BCUT2D eigenvalue weighted by Gasteiger charge is -2.04. The molecule has 0 saturated heterocycles. The summed E-state index contributed by atoms with van der Waals surface area (Å²) in [6.45, 7) is 0. The molecule has 0 fully saturated rings. The summed E-state index contributed by atoms with van der Waals surface area (Å²) in [6.07, 6.45) is 3.33. The molecule has 3 heterocycles. The van der Waals surface area contributed by atoms with Crippen LogP contribution in [-0.2, 0) is 5.75 Å². The zero-order valence-electron chi connectivity index (χ0n) is 14.0. The van der Waals surface area contributed by atoms with Gasteiger partial charge < -0.3 is 13.7 Å². The Kier molecular flexibility index (Phi) is 5.03. The largest absolute Gasteiger partial charge is 0.496 e. The molecule has 0 amide bonds. The van der Waals surface area contributed by atoms with E-state index in [4.69, 9.17) is 25.3 Å². The number of rotatable bonds is 6. The number of pyridine rings is 1. The molecule has 4 aromatic rings. The first-order chi connectivity index (χ1) is 13.2. The average Bonchev–Trinajstić information content (AvgIpc) is 3.37. The lowest BCUT2D eigenvalue weighted by molar-refractivity contribution is 0.389. The minimum Gasteiger partial charge on any atom is -0.496 e. The van der Waals surface area contributed by atoms with Crippen molar-refractivity contribution in [1.29, 1.82) is 0 Å². The van der Waals surface area contributed by atoms with Crippen LogP contribution in [0.25, 0.3) is 22.8 Å². The summed E-state index contributed by atoms with van der Waals surface area (Å²) in [4.78, 5) is 8.33. The van der Waals surface area contributed by atoms with Crippen molar-refractivity contribution < 1.29 is 13.7 Å². The second kappa shape index (κ2) is 7.77. The van der Waals surface area contributed by atoms with E-state index in [0.717, 1.165) is 5.56 Å². The number of methoxy groups -OCH3 is 1. The van der Waals surface area contributed by atoms with Crippen LogP contribution in [0.15, 0.2) is 56.9 Å². The second-order valence-corrected chi connectivity index (χ2v) is 6.62. The predicted octanol–water partition coefficient (Wildman–Crippen LogP) is 4.14. The molecule has 0 N–H and O–H groups in total. The Balaban J connectivity index is 1.46. The number of aromatic nitrogens is 5. The Hall–Kier alpha value is -2.91. The van der Waals surface area contributed by atoms with Crippen LogP contribution in [-0.4, -0.2) is 32.4 Å². The zero-order valence-corrected chi connectivity index (χ0v) is 15.6. The quantitative estimate of drug-likeness (QED) is 0.441. The van der Waals surface area contributed by atoms with Crippen molar-refractivity contribution >= 4 is 23.4 Å². The third-order valence-corrected chi connectivity index (χ3v) is 4.56. The fourth-order valence-electron chi connectivity index (χ4n) is 2.28. The molecule has 0 radical (unpaired) electrons. The summed E-state index contributed by atoms with van der Waals surface area (Å²) in [7, 11) is 1.57. The molecular formula is C17H12ClN5O3S. The van der Waals surface area contributed by atoms with Gasteiger partial charge in [-0.3, -0.25) is 4.98 Å². The van der Waals surface area contributed by atoms with Gasteiger partial charge >= 0.3 is 0 Å². The van der Waals surface area contributed by atoms with Crippen molar-refractivity contribution in [3.8, 4) is 28.6 Å². The van der Waals surface area contributed by atoms with Gasteiger partial charge in [-0.05, 0) is 30.3 Å². The number of nitrogens with zero attached hydrogens (tertiary/aromatic N) is 5. The molecule has 0 unspecified atom stereocenters. The fraction of sp³-hybridized carbons (Fsp3) is 0.118. The standard InChI is InChI=1S/C17H12ClN5O3S/c1-24-13-3-2-11(18)8-12(13)15-20-14(26-23-15)9-27-17-22-21-16(25-17)10-4-6-19-7-5-10/h2-8H,9H2,1H3. The van der Waals surface area contributed by atoms with Gasteiger partial charge in [-0.25, -0.2) is 0 Å². The van der Waals surface area contributed by atoms with E-state index in [2.05, 4.69) is 25.3 Å². The Morgan fingerprint density at radius 2 is 2.00 bits per heavy atom. The molecule has 8 nitrogen and oxygen atoms in total. The van der Waals surface area contributed by atoms with E-state index < -0.39 is 0 Å². The molecule has 136 valence electrons. The maximum atomic E-state index is 6.05. The van der Waals surface area contributed by atoms with E-state index in [1.54, 1.807) is 49.8 Å². The van der Waals surface area contributed by atoms with E-state index in [0.29, 0.717) is 44.9 Å². The topological polar surface area (TPSA) is 100.0 Å². The lowest BCUT2D eigenvalue weighted by atomic mass is 10.2. The molecule has 0 aliphatic heterocycles. The van der Waals surface area contributed by atoms with Crippen LogP contribution in [0.2, 0.25) is 5.02 Å². The summed E-state index contributed by atoms with van der Waals surface area (Å²) in [5.74, 6) is 2.23. The minimum atomic E-state index is 0.383. The fourth-order valence-corrected chi connectivity index (χ4v) is 3.05. The summed E-state index contributed by atoms with van der Waals surface area (Å²) in [6, 6.07) is 8.80. The summed E-state index contributed by atoms with van der Waals surface area (Å²) in [5.41, 5.74) is 1.46. The number of benzene rings is 1. The van der Waals surface area contributed by atoms with Gasteiger partial charge in [0, 0.05) is 23.0 Å². The van der Waals surface area contributed by atoms with E-state index in [1.807, 2.05) is 0 Å². The molecule has 27 heavy (non-hydrogen) atoms. The molecule has 3 aromatic heterocycles. The monoisotopic (exact) mass is 401 g/mol. The first-order valence-corrected chi connectivity index (χ1v) is 9.12. The SMILES string of the molecule is COc1ccc(Cl)cc1-c1noc(CSc2nnc(-c3ccncc3)o2)n1. The molecule has 1 aromatic carbocycles. The maximum absolute atomic E-state index is 6.05. The molecule has 0 aliphatic carbocycles. The van der Waals surface area contributed by atoms with Crippen LogP contribution in [0, 0.1) is 0 Å². The van der Waals surface area contributed by atoms with Crippen molar-refractivity contribution in [3.63, 3.8) is 0 Å². The molecule has 0 saturated carbocycles. The Bertz CT molecular complexity index is 1050. The van der Waals surface area contributed by atoms with Crippen LogP contribution < -0.4 is 4.74 Å². The second-order valence-electron chi connectivity index (χ2n) is 5.25. The van der Waals surface area contributed by atoms with Gasteiger partial charge in [0.25, 0.3) is 5.22 Å². The summed E-state index contributed by atoms with van der Waals surface area (Å²) >= 11 is 7.35. The highest BCUT2D eigenvalue weighted by Gasteiger charge is 2.16. The van der Waals surface area contributed by atoms with E-state index in [1.165, 1.54) is 11.8 Å². The molecule has 4 rings (SSSR count). The molecule has 0 atom stereocenters. The molecule has 0 spiro atoms. The normalized spacial score (nSPS) is 10.9. The molecule has 10 heteroatoms. The van der Waals surface area contributed by atoms with E-state index >= 15 is 0 Å². The third kappa shape index (κ3) is 3.93. The van der Waals surface area contributed by atoms with E-state index in [9.17, 15) is 0 Å². The molecular weight excluding hydrogens is 390 g/mol. The lowest BCUT2D eigenvalue weighted by Crippen LogP contribution is -1.89. The van der Waals surface area contributed by atoms with Crippen LogP contribution in [0.4, 0.5) is 0 Å². The van der Waals surface area contributed by atoms with Crippen LogP contribution in [0.3, 0.4) is 0 Å². The van der Waals surface area contributed by atoms with Gasteiger partial charge in [-0.15, -0.1) is 10.2 Å². The number of hydrogen-bond donors (Lipinski definition) is 0. The predicted molar refractivity (Wildman–Crippen MR) is 98.4 cm³/mol. The number of halogens is 1. The van der Waals surface area contributed by atoms with Crippen molar-refractivity contribution in [2.24, 2.45) is 0 Å². The van der Waals surface area contributed by atoms with Crippen molar-refractivity contribution in [2.75, 3.05) is 7.11 Å². The highest BCUT2D eigenvalue weighted by atomic mass is 35.5. The Labute approximate surface area is 162 Å². The minimum absolute atomic E-state index is 0.383. The highest BCUT2D eigenvalue weighted by Crippen LogP contribution is 2.31. The van der Waals surface area contributed by atoms with Gasteiger partial charge in [0.1, 0.15) is 5.75 Å². The van der Waals surface area contributed by atoms with Crippen molar-refractivity contribution in [3.05, 3.63) is 53.6 Å². The highest BCUT2D eigenvalue weighted by molar-refractivity contribution is 7.98. The first-order valence-electron chi connectivity index (χ1n) is 7.76. The number of ether oxygens (including phenoxy) is 1. The van der Waals surface area contributed by atoms with Gasteiger partial charge in [-0.1, -0.05) is 28.5 Å². The third-order valence-electron chi connectivity index (χ3n) is 3.52. The first kappa shape index (κ1) is 17.5. The van der Waals surface area contributed by atoms with Crippen LogP contribution in [0.1, 0.15) is 5.89 Å². The zero-order chi connectivity index (χ0) is 18.6. The maximum Gasteiger partial charge on any atom is 0.277 e. The Morgan fingerprint density at radius 3 is 2.81 bits per heavy atom.